The van der Waals surface area contributed by atoms with Crippen molar-refractivity contribution in [1.82, 2.24) is 15.2 Å². The number of benzene rings is 2. The Labute approximate surface area is 164 Å². The number of nitrogens with two attached hydrogens (primary N) is 1. The van der Waals surface area contributed by atoms with Crippen molar-refractivity contribution in [3.8, 4) is 11.1 Å². The standard InChI is InChI=1S/C21H15N5O3/c22-19(27)18-15-12-3-1-2-4-14(12)24-17(10-5-7-11(8-6-10)21(28)29)13-9-23-20(16(13)15)26-25-18/h1-9,17,24H,(H2,22,27)(H,23,26)(H,28,29). The Balaban J connectivity index is 1.81. The summed E-state index contributed by atoms with van der Waals surface area (Å²) in [7, 11) is 0. The largest absolute Gasteiger partial charge is 0.478 e. The number of para-hydroxylation sites is 1. The lowest BCUT2D eigenvalue weighted by Crippen LogP contribution is -2.15. The third-order valence-corrected chi connectivity index (χ3v) is 5.16. The van der Waals surface area contributed by atoms with Crippen LogP contribution in [0, 0.1) is 0 Å². The lowest BCUT2D eigenvalue weighted by Gasteiger charge is -2.19. The van der Waals surface area contributed by atoms with Gasteiger partial charge in [-0.25, -0.2) is 4.79 Å². The topological polar surface area (TPSA) is 134 Å². The number of hydrogen-bond acceptors (Lipinski definition) is 5. The van der Waals surface area contributed by atoms with Crippen molar-refractivity contribution in [1.29, 1.82) is 0 Å². The summed E-state index contributed by atoms with van der Waals surface area (Å²) in [5, 5.41) is 21.6. The summed E-state index contributed by atoms with van der Waals surface area (Å²) >= 11 is 0. The molecule has 0 bridgehead atoms. The lowest BCUT2D eigenvalue weighted by atomic mass is 9.95. The van der Waals surface area contributed by atoms with Gasteiger partial charge >= 0.3 is 5.97 Å². The zero-order valence-electron chi connectivity index (χ0n) is 15.0. The molecule has 1 aliphatic heterocycles. The molecule has 0 spiro atoms. The van der Waals surface area contributed by atoms with E-state index in [0.29, 0.717) is 11.2 Å². The van der Waals surface area contributed by atoms with Gasteiger partial charge in [0.15, 0.2) is 11.3 Å². The van der Waals surface area contributed by atoms with E-state index in [1.807, 2.05) is 30.5 Å². The van der Waals surface area contributed by atoms with E-state index in [-0.39, 0.29) is 17.3 Å². The van der Waals surface area contributed by atoms with Gasteiger partial charge in [-0.15, -0.1) is 10.2 Å². The first-order valence-corrected chi connectivity index (χ1v) is 8.91. The number of fused-ring (bicyclic) bond motifs is 2. The Bertz CT molecular complexity index is 1290. The average molecular weight is 385 g/mol. The summed E-state index contributed by atoms with van der Waals surface area (Å²) in [6, 6.07) is 14.0. The lowest BCUT2D eigenvalue weighted by molar-refractivity contribution is 0.0696. The first kappa shape index (κ1) is 16.9. The van der Waals surface area contributed by atoms with Gasteiger partial charge in [0.2, 0.25) is 0 Å². The number of aromatic carboxylic acids is 1. The summed E-state index contributed by atoms with van der Waals surface area (Å²) in [6.45, 7) is 0. The molecule has 2 aromatic carbocycles. The third kappa shape index (κ3) is 2.53. The molecule has 142 valence electrons. The normalized spacial score (nSPS) is 14.7. The second-order valence-electron chi connectivity index (χ2n) is 6.81. The minimum atomic E-state index is -0.980. The molecule has 0 aliphatic carbocycles. The maximum absolute atomic E-state index is 12.1. The van der Waals surface area contributed by atoms with E-state index in [1.165, 1.54) is 0 Å². The van der Waals surface area contributed by atoms with Crippen LogP contribution in [0.25, 0.3) is 22.2 Å². The summed E-state index contributed by atoms with van der Waals surface area (Å²) in [6.07, 6.45) is 1.82. The number of aromatic amines is 1. The van der Waals surface area contributed by atoms with Crippen molar-refractivity contribution in [3.05, 3.63) is 77.1 Å². The van der Waals surface area contributed by atoms with E-state index >= 15 is 0 Å². The molecule has 0 saturated carbocycles. The molecule has 0 saturated heterocycles. The molecule has 29 heavy (non-hydrogen) atoms. The molecule has 8 nitrogen and oxygen atoms in total. The number of carbonyl (C=O) groups excluding carboxylic acids is 1. The molecule has 2 aromatic heterocycles. The molecule has 1 amide bonds. The van der Waals surface area contributed by atoms with Gasteiger partial charge < -0.3 is 21.1 Å². The molecular weight excluding hydrogens is 370 g/mol. The van der Waals surface area contributed by atoms with Crippen LogP contribution >= 0.6 is 0 Å². The third-order valence-electron chi connectivity index (χ3n) is 5.16. The minimum Gasteiger partial charge on any atom is -0.478 e. The molecule has 0 radical (unpaired) electrons. The summed E-state index contributed by atoms with van der Waals surface area (Å²) < 4.78 is 0. The van der Waals surface area contributed by atoms with Crippen molar-refractivity contribution in [2.45, 2.75) is 6.04 Å². The fraction of sp³-hybridized carbons (Fsp3) is 0.0476. The number of hydrogen-bond donors (Lipinski definition) is 4. The maximum atomic E-state index is 12.1. The van der Waals surface area contributed by atoms with Crippen LogP contribution in [-0.4, -0.2) is 32.2 Å². The van der Waals surface area contributed by atoms with E-state index in [0.717, 1.165) is 27.8 Å². The number of amides is 1. The quantitative estimate of drug-likeness (QED) is 0.428. The number of rotatable bonds is 3. The summed E-state index contributed by atoms with van der Waals surface area (Å²) in [5.41, 5.74) is 10.4. The van der Waals surface area contributed by atoms with Gasteiger partial charge in [0.25, 0.3) is 5.91 Å². The number of nitrogens with one attached hydrogen (secondary N) is 2. The number of nitrogens with zero attached hydrogens (tertiary/aromatic N) is 2. The van der Waals surface area contributed by atoms with Crippen molar-refractivity contribution in [2.24, 2.45) is 5.73 Å². The second-order valence-corrected chi connectivity index (χ2v) is 6.81. The molecule has 4 aromatic rings. The predicted molar refractivity (Wildman–Crippen MR) is 107 cm³/mol. The van der Waals surface area contributed by atoms with Gasteiger partial charge in [-0.3, -0.25) is 4.79 Å². The van der Waals surface area contributed by atoms with Crippen LogP contribution in [0.4, 0.5) is 5.69 Å². The van der Waals surface area contributed by atoms with E-state index < -0.39 is 11.9 Å². The highest BCUT2D eigenvalue weighted by molar-refractivity contribution is 6.10. The molecule has 0 fully saturated rings. The molecule has 3 heterocycles. The highest BCUT2D eigenvalue weighted by atomic mass is 16.4. The number of aromatic nitrogens is 3. The van der Waals surface area contributed by atoms with E-state index in [9.17, 15) is 14.7 Å². The van der Waals surface area contributed by atoms with Crippen LogP contribution in [0.3, 0.4) is 0 Å². The molecular formula is C21H15N5O3. The van der Waals surface area contributed by atoms with E-state index in [4.69, 9.17) is 5.73 Å². The number of carbonyl (C=O) groups is 2. The van der Waals surface area contributed by atoms with Crippen LogP contribution in [0.5, 0.6) is 0 Å². The maximum Gasteiger partial charge on any atom is 0.335 e. The first-order valence-electron chi connectivity index (χ1n) is 8.91. The van der Waals surface area contributed by atoms with Crippen LogP contribution < -0.4 is 11.1 Å². The summed E-state index contributed by atoms with van der Waals surface area (Å²) in [4.78, 5) is 26.4. The van der Waals surface area contributed by atoms with Crippen LogP contribution in [-0.2, 0) is 0 Å². The van der Waals surface area contributed by atoms with Crippen LogP contribution in [0.2, 0.25) is 0 Å². The minimum absolute atomic E-state index is 0.106. The van der Waals surface area contributed by atoms with E-state index in [2.05, 4.69) is 20.5 Å². The smallest absolute Gasteiger partial charge is 0.335 e. The van der Waals surface area contributed by atoms with Crippen molar-refractivity contribution in [2.75, 3.05) is 5.32 Å². The van der Waals surface area contributed by atoms with E-state index in [1.54, 1.807) is 24.3 Å². The number of primary amides is 1. The number of carboxylic acids is 1. The highest BCUT2D eigenvalue weighted by Gasteiger charge is 2.29. The van der Waals surface area contributed by atoms with Crippen molar-refractivity contribution < 1.29 is 14.7 Å². The SMILES string of the molecule is NC(=O)c1nnc2[nH]cc3c2c1-c1ccccc1NC3c1ccc(C(=O)O)cc1. The Hall–Kier alpha value is -4.20. The molecule has 8 heteroatoms. The summed E-state index contributed by atoms with van der Waals surface area (Å²) in [5.74, 6) is -1.63. The van der Waals surface area contributed by atoms with Gasteiger partial charge in [0.1, 0.15) is 0 Å². The molecule has 1 unspecified atom stereocenters. The zero-order chi connectivity index (χ0) is 20.1. The van der Waals surface area contributed by atoms with Gasteiger partial charge in [0.05, 0.1) is 11.6 Å². The fourth-order valence-electron chi connectivity index (χ4n) is 3.84. The predicted octanol–water partition coefficient (Wildman–Crippen LogP) is 2.94. The number of carboxylic acid groups (broad SMARTS) is 1. The molecule has 5 rings (SSSR count). The zero-order valence-corrected chi connectivity index (χ0v) is 15.0. The number of H-pyrrole nitrogens is 1. The first-order chi connectivity index (χ1) is 14.0. The molecule has 1 atom stereocenters. The van der Waals surface area contributed by atoms with Gasteiger partial charge in [-0.05, 0) is 23.8 Å². The molecule has 1 aliphatic rings. The molecule has 5 N–H and O–H groups in total. The van der Waals surface area contributed by atoms with Gasteiger partial charge in [0, 0.05) is 34.0 Å². The monoisotopic (exact) mass is 385 g/mol. The van der Waals surface area contributed by atoms with Crippen LogP contribution in [0.1, 0.15) is 38.0 Å². The Morgan fingerprint density at radius 3 is 2.52 bits per heavy atom. The Kier molecular flexibility index (Phi) is 3.60. The van der Waals surface area contributed by atoms with Gasteiger partial charge in [-0.1, -0.05) is 30.3 Å². The Morgan fingerprint density at radius 1 is 1.03 bits per heavy atom. The second kappa shape index (κ2) is 6.16. The van der Waals surface area contributed by atoms with Gasteiger partial charge in [-0.2, -0.15) is 0 Å². The van der Waals surface area contributed by atoms with Crippen molar-refractivity contribution >= 4 is 28.6 Å². The number of anilines is 1. The fourth-order valence-corrected chi connectivity index (χ4v) is 3.84. The average Bonchev–Trinajstić information content (AvgIpc) is 3.09. The highest BCUT2D eigenvalue weighted by Crippen LogP contribution is 2.44. The Morgan fingerprint density at radius 2 is 1.79 bits per heavy atom. The van der Waals surface area contributed by atoms with Crippen molar-refractivity contribution in [3.63, 3.8) is 0 Å². The van der Waals surface area contributed by atoms with Crippen LogP contribution in [0.15, 0.2) is 54.7 Å².